The molecule has 270 valence electrons. The molecule has 0 amide bonds. The summed E-state index contributed by atoms with van der Waals surface area (Å²) >= 11 is 0. The largest absolute Gasteiger partial charge is 0.278 e. The molecule has 0 spiro atoms. The Labute approximate surface area is 331 Å². The second-order valence-electron chi connectivity index (χ2n) is 14.1. The van der Waals surface area contributed by atoms with Gasteiger partial charge in [-0.05, 0) is 72.8 Å². The van der Waals surface area contributed by atoms with E-state index in [4.69, 9.17) is 15.0 Å². The molecule has 5 nitrogen and oxygen atoms in total. The molecule has 0 saturated heterocycles. The van der Waals surface area contributed by atoms with Crippen LogP contribution in [0.3, 0.4) is 0 Å². The third kappa shape index (κ3) is 5.22. The molecular formula is C51H35N5S. The van der Waals surface area contributed by atoms with Crippen LogP contribution in [-0.4, -0.2) is 24.1 Å². The standard InChI is InChI=1S/C51H35N5S/c1-4-18-37(19-5-1)57(38-20-6-2-7-21-38,39-22-8-3-9-23-39)40-34-32-36(33-35-40)49-52-50(55-45-28-14-10-24-41(45)42-25-11-15-29-46(42)55)54-51(53-49)56-47-30-16-12-26-43(47)44-27-13-17-31-48(44)56/h1-35H. The maximum Gasteiger partial charge on any atom is 0.240 e. The zero-order valence-electron chi connectivity index (χ0n) is 30.9. The number of fused-ring (bicyclic) bond motifs is 6. The van der Waals surface area contributed by atoms with Crippen LogP contribution in [0, 0.1) is 0 Å². The predicted molar refractivity (Wildman–Crippen MR) is 234 cm³/mol. The highest BCUT2D eigenvalue weighted by molar-refractivity contribution is 8.34. The lowest BCUT2D eigenvalue weighted by Gasteiger charge is -2.42. The summed E-state index contributed by atoms with van der Waals surface area (Å²) < 4.78 is 4.36. The Bertz CT molecular complexity index is 2890. The highest BCUT2D eigenvalue weighted by atomic mass is 32.3. The molecule has 0 radical (unpaired) electrons. The smallest absolute Gasteiger partial charge is 0.240 e. The Morgan fingerprint density at radius 1 is 0.281 bits per heavy atom. The molecule has 3 heterocycles. The first-order valence-corrected chi connectivity index (χ1v) is 20.7. The Morgan fingerprint density at radius 3 is 0.930 bits per heavy atom. The SMILES string of the molecule is c1ccc(S(c2ccccc2)(c2ccccc2)c2ccc(-c3nc(-n4c5ccccc5c5ccccc54)nc(-n4c5ccccc5c5ccccc54)n3)cc2)cc1. The normalized spacial score (nSPS) is 12.1. The molecule has 0 bridgehead atoms. The van der Waals surface area contributed by atoms with Crippen LogP contribution >= 0.6 is 10.0 Å². The molecular weight excluding hydrogens is 715 g/mol. The minimum absolute atomic E-state index is 0.566. The highest BCUT2D eigenvalue weighted by Gasteiger charge is 2.33. The molecule has 0 N–H and O–H groups in total. The summed E-state index contributed by atoms with van der Waals surface area (Å²) in [6, 6.07) is 75.6. The molecule has 8 aromatic carbocycles. The van der Waals surface area contributed by atoms with E-state index in [0.29, 0.717) is 17.7 Å². The van der Waals surface area contributed by atoms with E-state index < -0.39 is 10.0 Å². The third-order valence-electron chi connectivity index (χ3n) is 10.9. The molecule has 0 aliphatic rings. The summed E-state index contributed by atoms with van der Waals surface area (Å²) in [6.45, 7) is 0. The molecule has 0 unspecified atom stereocenters. The van der Waals surface area contributed by atoms with E-state index in [-0.39, 0.29) is 0 Å². The third-order valence-corrected chi connectivity index (χ3v) is 14.8. The average molecular weight is 750 g/mol. The van der Waals surface area contributed by atoms with E-state index in [9.17, 15) is 0 Å². The van der Waals surface area contributed by atoms with Gasteiger partial charge in [0, 0.05) is 46.7 Å². The van der Waals surface area contributed by atoms with Crippen LogP contribution in [0.1, 0.15) is 0 Å². The van der Waals surface area contributed by atoms with Gasteiger partial charge >= 0.3 is 0 Å². The molecule has 0 aliphatic heterocycles. The first kappa shape index (κ1) is 33.1. The Balaban J connectivity index is 1.17. The number of aromatic nitrogens is 5. The number of hydrogen-bond acceptors (Lipinski definition) is 3. The zero-order valence-corrected chi connectivity index (χ0v) is 31.7. The maximum absolute atomic E-state index is 5.33. The molecule has 0 atom stereocenters. The second-order valence-corrected chi connectivity index (χ2v) is 17.2. The number of benzene rings is 8. The van der Waals surface area contributed by atoms with Crippen LogP contribution in [0.4, 0.5) is 0 Å². The van der Waals surface area contributed by atoms with E-state index in [2.05, 4.69) is 221 Å². The second kappa shape index (κ2) is 13.5. The Kier molecular flexibility index (Phi) is 7.83. The van der Waals surface area contributed by atoms with E-state index in [0.717, 1.165) is 49.2 Å². The van der Waals surface area contributed by atoms with E-state index in [1.807, 2.05) is 0 Å². The van der Waals surface area contributed by atoms with Crippen LogP contribution in [0.5, 0.6) is 0 Å². The number of rotatable bonds is 7. The van der Waals surface area contributed by atoms with Gasteiger partial charge in [0.2, 0.25) is 11.9 Å². The fraction of sp³-hybridized carbons (Fsp3) is 0. The first-order chi connectivity index (χ1) is 28.3. The van der Waals surface area contributed by atoms with Gasteiger partial charge in [0.1, 0.15) is 0 Å². The van der Waals surface area contributed by atoms with Crippen molar-refractivity contribution in [2.24, 2.45) is 0 Å². The molecule has 0 aliphatic carbocycles. The van der Waals surface area contributed by atoms with Crippen molar-refractivity contribution in [1.82, 2.24) is 24.1 Å². The quantitative estimate of drug-likeness (QED) is 0.163. The fourth-order valence-corrected chi connectivity index (χ4v) is 12.3. The van der Waals surface area contributed by atoms with Crippen molar-refractivity contribution in [3.05, 3.63) is 212 Å². The minimum Gasteiger partial charge on any atom is -0.278 e. The van der Waals surface area contributed by atoms with Crippen LogP contribution in [-0.2, 0) is 0 Å². The average Bonchev–Trinajstić information content (AvgIpc) is 3.81. The zero-order chi connectivity index (χ0) is 37.8. The van der Waals surface area contributed by atoms with Gasteiger partial charge in [-0.15, -0.1) is 10.0 Å². The van der Waals surface area contributed by atoms with E-state index in [1.54, 1.807) is 0 Å². The molecule has 0 saturated carbocycles. The Hall–Kier alpha value is -7.28. The number of hydrogen-bond donors (Lipinski definition) is 0. The topological polar surface area (TPSA) is 48.5 Å². The van der Waals surface area contributed by atoms with Crippen molar-refractivity contribution in [2.45, 2.75) is 19.6 Å². The fourth-order valence-electron chi connectivity index (χ4n) is 8.46. The first-order valence-electron chi connectivity index (χ1n) is 19.1. The van der Waals surface area contributed by atoms with Crippen LogP contribution in [0.15, 0.2) is 232 Å². The van der Waals surface area contributed by atoms with Gasteiger partial charge in [-0.3, -0.25) is 9.13 Å². The molecule has 3 aromatic heterocycles. The number of nitrogens with zero attached hydrogens (tertiary/aromatic N) is 5. The van der Waals surface area contributed by atoms with Crippen molar-refractivity contribution < 1.29 is 0 Å². The van der Waals surface area contributed by atoms with Crippen molar-refractivity contribution in [2.75, 3.05) is 0 Å². The van der Waals surface area contributed by atoms with E-state index >= 15 is 0 Å². The lowest BCUT2D eigenvalue weighted by Crippen LogP contribution is -2.10. The molecule has 11 aromatic rings. The van der Waals surface area contributed by atoms with Gasteiger partial charge in [0.15, 0.2) is 5.82 Å². The van der Waals surface area contributed by atoms with Gasteiger partial charge in [0.05, 0.1) is 22.1 Å². The van der Waals surface area contributed by atoms with E-state index in [1.165, 1.54) is 19.6 Å². The van der Waals surface area contributed by atoms with Gasteiger partial charge in [-0.1, -0.05) is 140 Å². The summed E-state index contributed by atoms with van der Waals surface area (Å²) in [7, 11) is -1.86. The maximum atomic E-state index is 5.33. The lowest BCUT2D eigenvalue weighted by atomic mass is 10.2. The van der Waals surface area contributed by atoms with Crippen LogP contribution < -0.4 is 0 Å². The van der Waals surface area contributed by atoms with Gasteiger partial charge < -0.3 is 0 Å². The highest BCUT2D eigenvalue weighted by Crippen LogP contribution is 2.73. The molecule has 11 rings (SSSR count). The van der Waals surface area contributed by atoms with Crippen molar-refractivity contribution in [3.8, 4) is 23.3 Å². The van der Waals surface area contributed by atoms with Gasteiger partial charge in [-0.25, -0.2) is 0 Å². The Morgan fingerprint density at radius 2 is 0.579 bits per heavy atom. The summed E-state index contributed by atoms with van der Waals surface area (Å²) in [5.74, 6) is 1.73. The lowest BCUT2D eigenvalue weighted by molar-refractivity contribution is 0.892. The van der Waals surface area contributed by atoms with Crippen molar-refractivity contribution >= 4 is 53.6 Å². The molecule has 0 fully saturated rings. The van der Waals surface area contributed by atoms with Crippen LogP contribution in [0.2, 0.25) is 0 Å². The van der Waals surface area contributed by atoms with Gasteiger partial charge in [0.25, 0.3) is 0 Å². The van der Waals surface area contributed by atoms with Crippen molar-refractivity contribution in [3.63, 3.8) is 0 Å². The molecule has 6 heteroatoms. The number of para-hydroxylation sites is 4. The minimum atomic E-state index is -1.86. The van der Waals surface area contributed by atoms with Gasteiger partial charge in [-0.2, -0.15) is 15.0 Å². The summed E-state index contributed by atoms with van der Waals surface area (Å²) in [5, 5.41) is 4.61. The summed E-state index contributed by atoms with van der Waals surface area (Å²) in [6.07, 6.45) is 0. The summed E-state index contributed by atoms with van der Waals surface area (Å²) in [5.41, 5.74) is 5.08. The monoisotopic (exact) mass is 749 g/mol. The van der Waals surface area contributed by atoms with Crippen molar-refractivity contribution in [1.29, 1.82) is 0 Å². The van der Waals surface area contributed by atoms with Crippen LogP contribution in [0.25, 0.3) is 66.9 Å². The summed E-state index contributed by atoms with van der Waals surface area (Å²) in [4.78, 5) is 21.0. The predicted octanol–water partition coefficient (Wildman–Crippen LogP) is 13.1. The molecule has 57 heavy (non-hydrogen) atoms.